The Balaban J connectivity index is 4.39. The van der Waals surface area contributed by atoms with Crippen LogP contribution in [0.3, 0.4) is 0 Å². The van der Waals surface area contributed by atoms with Gasteiger partial charge in [-0.3, -0.25) is 14.4 Å². The van der Waals surface area contributed by atoms with E-state index >= 15 is 0 Å². The second-order valence-corrected chi connectivity index (χ2v) is 18.8. The molecule has 0 aliphatic heterocycles. The molecule has 0 aromatic carbocycles. The van der Waals surface area contributed by atoms with Crippen molar-refractivity contribution >= 4 is 17.9 Å². The largest absolute Gasteiger partial charge is 0.462 e. The summed E-state index contributed by atoms with van der Waals surface area (Å²) in [7, 11) is 0. The minimum atomic E-state index is -0.826. The Kier molecular flexibility index (Phi) is 56.5. The molecule has 0 fully saturated rings. The smallest absolute Gasteiger partial charge is 0.306 e. The monoisotopic (exact) mass is 1020 g/mol. The van der Waals surface area contributed by atoms with Gasteiger partial charge in [-0.2, -0.15) is 0 Å². The molecule has 0 saturated carbocycles. The van der Waals surface area contributed by atoms with Gasteiger partial charge in [0, 0.05) is 19.3 Å². The zero-order valence-electron chi connectivity index (χ0n) is 47.3. The summed E-state index contributed by atoms with van der Waals surface area (Å²) in [6.07, 6.45) is 88.3. The molecular weight excluding hydrogens is 913 g/mol. The molecular formula is C68H106O6. The van der Waals surface area contributed by atoms with Crippen LogP contribution in [0.2, 0.25) is 0 Å². The van der Waals surface area contributed by atoms with Crippen molar-refractivity contribution in [2.75, 3.05) is 13.2 Å². The van der Waals surface area contributed by atoms with Crippen LogP contribution in [0.15, 0.2) is 158 Å². The van der Waals surface area contributed by atoms with Crippen LogP contribution in [0.1, 0.15) is 233 Å². The molecule has 0 aromatic heterocycles. The Labute approximate surface area is 454 Å². The van der Waals surface area contributed by atoms with Gasteiger partial charge in [-0.05, 0) is 128 Å². The summed E-state index contributed by atoms with van der Waals surface area (Å²) < 4.78 is 16.8. The molecule has 0 spiro atoms. The number of carbonyl (C=O) groups is 3. The van der Waals surface area contributed by atoms with Crippen LogP contribution < -0.4 is 0 Å². The Morgan fingerprint density at radius 3 is 0.905 bits per heavy atom. The first-order valence-electron chi connectivity index (χ1n) is 29.5. The van der Waals surface area contributed by atoms with E-state index in [0.717, 1.165) is 148 Å². The third kappa shape index (κ3) is 57.9. The Bertz CT molecular complexity index is 1690. The average Bonchev–Trinajstić information content (AvgIpc) is 3.40. The van der Waals surface area contributed by atoms with Gasteiger partial charge >= 0.3 is 17.9 Å². The van der Waals surface area contributed by atoms with Gasteiger partial charge < -0.3 is 14.2 Å². The van der Waals surface area contributed by atoms with Crippen LogP contribution in [0.4, 0.5) is 0 Å². The Morgan fingerprint density at radius 2 is 0.554 bits per heavy atom. The molecule has 0 N–H and O–H groups in total. The first-order valence-corrected chi connectivity index (χ1v) is 29.5. The van der Waals surface area contributed by atoms with Crippen molar-refractivity contribution in [3.63, 3.8) is 0 Å². The Morgan fingerprint density at radius 1 is 0.284 bits per heavy atom. The zero-order chi connectivity index (χ0) is 53.6. The van der Waals surface area contributed by atoms with Gasteiger partial charge in [0.2, 0.25) is 0 Å². The zero-order valence-corrected chi connectivity index (χ0v) is 47.3. The van der Waals surface area contributed by atoms with Crippen LogP contribution >= 0.6 is 0 Å². The molecule has 0 aliphatic carbocycles. The maximum absolute atomic E-state index is 12.8. The van der Waals surface area contributed by atoms with Crippen LogP contribution in [0, 0.1) is 0 Å². The van der Waals surface area contributed by atoms with Crippen LogP contribution in [-0.2, 0) is 28.6 Å². The van der Waals surface area contributed by atoms with Crippen molar-refractivity contribution < 1.29 is 28.6 Å². The van der Waals surface area contributed by atoms with Gasteiger partial charge in [-0.15, -0.1) is 0 Å². The van der Waals surface area contributed by atoms with Gasteiger partial charge in [0.05, 0.1) is 0 Å². The second kappa shape index (κ2) is 60.6. The molecule has 1 unspecified atom stereocenters. The van der Waals surface area contributed by atoms with Gasteiger partial charge in [0.25, 0.3) is 0 Å². The van der Waals surface area contributed by atoms with Gasteiger partial charge in [0.1, 0.15) is 13.2 Å². The summed E-state index contributed by atoms with van der Waals surface area (Å²) in [6.45, 7) is 6.26. The van der Waals surface area contributed by atoms with Crippen LogP contribution in [-0.4, -0.2) is 37.2 Å². The lowest BCUT2D eigenvalue weighted by Gasteiger charge is -2.18. The molecule has 0 amide bonds. The summed E-state index contributed by atoms with van der Waals surface area (Å²) in [5, 5.41) is 0. The lowest BCUT2D eigenvalue weighted by atomic mass is 10.1. The molecule has 414 valence electrons. The number of hydrogen-bond donors (Lipinski definition) is 0. The fourth-order valence-electron chi connectivity index (χ4n) is 7.39. The molecule has 0 bridgehead atoms. The summed E-state index contributed by atoms with van der Waals surface area (Å²) in [5.74, 6) is -1.04. The lowest BCUT2D eigenvalue weighted by Crippen LogP contribution is -2.30. The summed E-state index contributed by atoms with van der Waals surface area (Å²) >= 11 is 0. The van der Waals surface area contributed by atoms with Crippen molar-refractivity contribution in [2.24, 2.45) is 0 Å². The molecule has 0 radical (unpaired) electrons. The van der Waals surface area contributed by atoms with Crippen molar-refractivity contribution in [3.05, 3.63) is 158 Å². The Hall–Kier alpha value is -4.97. The summed E-state index contributed by atoms with van der Waals surface area (Å²) in [6, 6.07) is 0. The molecule has 0 rings (SSSR count). The average molecular weight is 1020 g/mol. The van der Waals surface area contributed by atoms with Gasteiger partial charge in [-0.1, -0.05) is 243 Å². The lowest BCUT2D eigenvalue weighted by molar-refractivity contribution is -0.166. The standard InChI is InChI=1S/C68H106O6/c1-4-7-10-13-16-19-22-25-27-28-29-30-31-32-33-34-35-36-37-38-39-40-41-44-46-49-52-55-58-61-67(70)73-64-65(63-72-66(69)60-57-54-51-48-45-42-24-21-18-15-12-9-6-3)74-68(71)62-59-56-53-50-47-43-26-23-20-17-14-11-8-5-2/h7,9-10,12,14,16-19,21,23,25-27,29-30,32-33,35-36,38-39,42,45,51,54,65H,4-6,8,11,13,15,20,22,24,28,31,34,37,40-41,43-44,46-50,52-53,55-64H2,1-3H3/b10-7-,12-9-,17-14-,19-16-,21-18-,26-23-,27-25-,30-29-,33-32-,36-35-,39-38-,45-42-,54-51-. The fraction of sp³-hybridized carbons (Fsp3) is 0.574. The van der Waals surface area contributed by atoms with E-state index in [1.54, 1.807) is 0 Å². The highest BCUT2D eigenvalue weighted by atomic mass is 16.6. The third-order valence-corrected chi connectivity index (χ3v) is 11.8. The highest BCUT2D eigenvalue weighted by Crippen LogP contribution is 2.13. The maximum atomic E-state index is 12.8. The quantitative estimate of drug-likeness (QED) is 0.0261. The van der Waals surface area contributed by atoms with E-state index in [4.69, 9.17) is 14.2 Å². The molecule has 0 aromatic rings. The number of esters is 3. The van der Waals surface area contributed by atoms with Crippen molar-refractivity contribution in [1.82, 2.24) is 0 Å². The predicted octanol–water partition coefficient (Wildman–Crippen LogP) is 20.1. The number of carbonyl (C=O) groups excluding carboxylic acids is 3. The van der Waals surface area contributed by atoms with Crippen molar-refractivity contribution in [3.8, 4) is 0 Å². The number of hydrogen-bond acceptors (Lipinski definition) is 6. The number of allylic oxidation sites excluding steroid dienone is 26. The highest BCUT2D eigenvalue weighted by molar-refractivity contribution is 5.71. The normalized spacial score (nSPS) is 13.3. The SMILES string of the molecule is CC/C=C\C/C=C\C/C=C\C/C=C\C/C=C\C/C=C\C/C=C\CCCCCCCCCC(=O)OCC(COC(=O)CC/C=C\C/C=C\C/C=C\C/C=C\CC)OC(=O)CCCCCCC/C=C\C/C=C\CCCC. The summed E-state index contributed by atoms with van der Waals surface area (Å²) in [4.78, 5) is 38.1. The molecule has 0 saturated heterocycles. The van der Waals surface area contributed by atoms with E-state index in [9.17, 15) is 14.4 Å². The predicted molar refractivity (Wildman–Crippen MR) is 320 cm³/mol. The molecule has 0 heterocycles. The fourth-order valence-corrected chi connectivity index (χ4v) is 7.39. The van der Waals surface area contributed by atoms with Crippen molar-refractivity contribution in [1.29, 1.82) is 0 Å². The minimum Gasteiger partial charge on any atom is -0.462 e. The van der Waals surface area contributed by atoms with Crippen LogP contribution in [0.25, 0.3) is 0 Å². The second-order valence-electron chi connectivity index (χ2n) is 18.8. The number of rotatable bonds is 51. The topological polar surface area (TPSA) is 78.9 Å². The molecule has 74 heavy (non-hydrogen) atoms. The first-order chi connectivity index (χ1) is 36.5. The van der Waals surface area contributed by atoms with E-state index in [2.05, 4.69) is 167 Å². The van der Waals surface area contributed by atoms with Gasteiger partial charge in [0.15, 0.2) is 6.10 Å². The highest BCUT2D eigenvalue weighted by Gasteiger charge is 2.19. The first kappa shape index (κ1) is 69.0. The molecule has 0 aliphatic rings. The van der Waals surface area contributed by atoms with Gasteiger partial charge in [-0.25, -0.2) is 0 Å². The van der Waals surface area contributed by atoms with E-state index in [1.165, 1.54) is 38.5 Å². The molecule has 1 atom stereocenters. The third-order valence-electron chi connectivity index (χ3n) is 11.8. The van der Waals surface area contributed by atoms with E-state index in [-0.39, 0.29) is 44.0 Å². The minimum absolute atomic E-state index is 0.118. The molecule has 6 nitrogen and oxygen atoms in total. The van der Waals surface area contributed by atoms with E-state index < -0.39 is 6.10 Å². The van der Waals surface area contributed by atoms with E-state index in [1.807, 2.05) is 12.2 Å². The van der Waals surface area contributed by atoms with Crippen molar-refractivity contribution in [2.45, 2.75) is 239 Å². The summed E-state index contributed by atoms with van der Waals surface area (Å²) in [5.41, 5.74) is 0. The number of unbranched alkanes of at least 4 members (excludes halogenated alkanes) is 14. The maximum Gasteiger partial charge on any atom is 0.306 e. The number of ether oxygens (including phenoxy) is 3. The van der Waals surface area contributed by atoms with Crippen LogP contribution in [0.5, 0.6) is 0 Å². The molecule has 6 heteroatoms. The van der Waals surface area contributed by atoms with E-state index in [0.29, 0.717) is 12.8 Å².